The molecule has 1 aromatic rings. The number of aliphatic carboxylic acids is 1. The summed E-state index contributed by atoms with van der Waals surface area (Å²) in [7, 11) is 0. The van der Waals surface area contributed by atoms with Crippen molar-refractivity contribution in [3.63, 3.8) is 0 Å². The minimum atomic E-state index is -0.750. The van der Waals surface area contributed by atoms with Gasteiger partial charge in [0, 0.05) is 15.8 Å². The highest BCUT2D eigenvalue weighted by atomic mass is 127. The molecule has 17 heavy (non-hydrogen) atoms. The maximum atomic E-state index is 11.2. The highest BCUT2D eigenvalue weighted by Crippen LogP contribution is 2.20. The van der Waals surface area contributed by atoms with E-state index in [0.717, 1.165) is 22.2 Å². The number of halogens is 1. The fourth-order valence-electron chi connectivity index (χ4n) is 1.87. The molecule has 0 saturated heterocycles. The van der Waals surface area contributed by atoms with E-state index in [4.69, 9.17) is 0 Å². The average Bonchev–Trinajstić information content (AvgIpc) is 2.29. The number of hydrogen-bond donors (Lipinski definition) is 1. The number of hydrogen-bond acceptors (Lipinski definition) is 2. The maximum absolute atomic E-state index is 11.2. The van der Waals surface area contributed by atoms with Crippen LogP contribution in [0.2, 0.25) is 0 Å². The van der Waals surface area contributed by atoms with Gasteiger partial charge in [-0.3, -0.25) is 0 Å². The van der Waals surface area contributed by atoms with Crippen LogP contribution in [0.25, 0.3) is 0 Å². The molecular formula is C13H18INO2. The van der Waals surface area contributed by atoms with E-state index < -0.39 is 12.0 Å². The Bertz CT molecular complexity index is 364. The number of rotatable bonds is 6. The number of carboxylic acids is 1. The second-order valence-electron chi connectivity index (χ2n) is 3.93. The molecule has 4 heteroatoms. The van der Waals surface area contributed by atoms with Gasteiger partial charge >= 0.3 is 5.97 Å². The third-order valence-electron chi connectivity index (χ3n) is 2.67. The molecule has 0 heterocycles. The number of carbonyl (C=O) groups is 1. The third kappa shape index (κ3) is 3.87. The number of benzene rings is 1. The lowest BCUT2D eigenvalue weighted by Gasteiger charge is -2.30. The molecule has 1 aromatic carbocycles. The second kappa shape index (κ2) is 6.83. The molecule has 0 unspecified atom stereocenters. The number of carboxylic acid groups (broad SMARTS) is 1. The molecule has 0 fully saturated rings. The summed E-state index contributed by atoms with van der Waals surface area (Å²) in [6, 6.07) is 7.56. The van der Waals surface area contributed by atoms with E-state index >= 15 is 0 Å². The first-order valence-corrected chi connectivity index (χ1v) is 6.93. The van der Waals surface area contributed by atoms with Crippen LogP contribution < -0.4 is 4.90 Å². The summed E-state index contributed by atoms with van der Waals surface area (Å²) in [5.41, 5.74) is 0.988. The quantitative estimate of drug-likeness (QED) is 0.803. The molecule has 1 atom stereocenters. The molecule has 94 valence electrons. The minimum absolute atomic E-state index is 0.435. The van der Waals surface area contributed by atoms with Gasteiger partial charge in [-0.25, -0.2) is 4.79 Å². The van der Waals surface area contributed by atoms with Gasteiger partial charge in [0.15, 0.2) is 0 Å². The van der Waals surface area contributed by atoms with Gasteiger partial charge in [-0.15, -0.1) is 0 Å². The SMILES string of the molecule is CCCN(c1ccc(I)cc1)[C@@H](CC)C(=O)O. The average molecular weight is 347 g/mol. The molecule has 1 rings (SSSR count). The molecule has 0 aliphatic carbocycles. The summed E-state index contributed by atoms with van der Waals surface area (Å²) in [5.74, 6) is -0.750. The van der Waals surface area contributed by atoms with Gasteiger partial charge in [-0.1, -0.05) is 13.8 Å². The summed E-state index contributed by atoms with van der Waals surface area (Å²) >= 11 is 2.25. The van der Waals surface area contributed by atoms with Gasteiger partial charge < -0.3 is 10.0 Å². The lowest BCUT2D eigenvalue weighted by molar-refractivity contribution is -0.138. The van der Waals surface area contributed by atoms with Crippen molar-refractivity contribution in [2.45, 2.75) is 32.7 Å². The standard InChI is InChI=1S/C13H18INO2/c1-3-9-15(12(4-2)13(16)17)11-7-5-10(14)6-8-11/h5-8,12H,3-4,9H2,1-2H3,(H,16,17)/t12-/m0/s1. The van der Waals surface area contributed by atoms with E-state index in [-0.39, 0.29) is 0 Å². The summed E-state index contributed by atoms with van der Waals surface area (Å²) < 4.78 is 1.16. The van der Waals surface area contributed by atoms with Crippen molar-refractivity contribution >= 4 is 34.2 Å². The largest absolute Gasteiger partial charge is 0.480 e. The molecule has 0 aliphatic heterocycles. The molecule has 0 spiro atoms. The molecule has 0 bridgehead atoms. The Hall–Kier alpha value is -0.780. The Morgan fingerprint density at radius 3 is 2.35 bits per heavy atom. The molecule has 0 amide bonds. The second-order valence-corrected chi connectivity index (χ2v) is 5.18. The van der Waals surface area contributed by atoms with Crippen molar-refractivity contribution in [3.05, 3.63) is 27.8 Å². The Balaban J connectivity index is 2.98. The summed E-state index contributed by atoms with van der Waals surface area (Å²) in [4.78, 5) is 13.2. The molecule has 3 nitrogen and oxygen atoms in total. The predicted molar refractivity (Wildman–Crippen MR) is 78.5 cm³/mol. The van der Waals surface area contributed by atoms with Crippen molar-refractivity contribution < 1.29 is 9.90 Å². The monoisotopic (exact) mass is 347 g/mol. The lowest BCUT2D eigenvalue weighted by atomic mass is 10.1. The zero-order chi connectivity index (χ0) is 12.8. The normalized spacial score (nSPS) is 12.2. The molecule has 0 saturated carbocycles. The molecular weight excluding hydrogens is 329 g/mol. The minimum Gasteiger partial charge on any atom is -0.480 e. The Morgan fingerprint density at radius 1 is 1.35 bits per heavy atom. The van der Waals surface area contributed by atoms with Crippen molar-refractivity contribution in [2.75, 3.05) is 11.4 Å². The van der Waals surface area contributed by atoms with E-state index in [1.54, 1.807) is 0 Å². The van der Waals surface area contributed by atoms with Crippen LogP contribution in [0.5, 0.6) is 0 Å². The van der Waals surface area contributed by atoms with Gasteiger partial charge in [0.1, 0.15) is 6.04 Å². The maximum Gasteiger partial charge on any atom is 0.326 e. The molecule has 1 N–H and O–H groups in total. The summed E-state index contributed by atoms with van der Waals surface area (Å²) in [6.45, 7) is 4.74. The van der Waals surface area contributed by atoms with Crippen LogP contribution in [-0.4, -0.2) is 23.7 Å². The van der Waals surface area contributed by atoms with Gasteiger partial charge in [0.25, 0.3) is 0 Å². The van der Waals surface area contributed by atoms with Gasteiger partial charge in [-0.05, 0) is 59.7 Å². The number of anilines is 1. The zero-order valence-electron chi connectivity index (χ0n) is 10.2. The van der Waals surface area contributed by atoms with E-state index in [9.17, 15) is 9.90 Å². The highest BCUT2D eigenvalue weighted by Gasteiger charge is 2.23. The first-order chi connectivity index (χ1) is 8.10. The van der Waals surface area contributed by atoms with Crippen LogP contribution >= 0.6 is 22.6 Å². The van der Waals surface area contributed by atoms with E-state index in [0.29, 0.717) is 6.42 Å². The zero-order valence-corrected chi connectivity index (χ0v) is 12.3. The summed E-state index contributed by atoms with van der Waals surface area (Å²) in [6.07, 6.45) is 1.55. The predicted octanol–water partition coefficient (Wildman–Crippen LogP) is 3.37. The Morgan fingerprint density at radius 2 is 1.94 bits per heavy atom. The van der Waals surface area contributed by atoms with Gasteiger partial charge in [0.05, 0.1) is 0 Å². The Labute approximate surface area is 116 Å². The van der Waals surface area contributed by atoms with Gasteiger partial charge in [0.2, 0.25) is 0 Å². The van der Waals surface area contributed by atoms with Crippen LogP contribution in [0, 0.1) is 3.57 Å². The summed E-state index contributed by atoms with van der Waals surface area (Å²) in [5, 5.41) is 9.24. The topological polar surface area (TPSA) is 40.5 Å². The fourth-order valence-corrected chi connectivity index (χ4v) is 2.23. The van der Waals surface area contributed by atoms with Crippen LogP contribution in [0.3, 0.4) is 0 Å². The first-order valence-electron chi connectivity index (χ1n) is 5.85. The van der Waals surface area contributed by atoms with Crippen LogP contribution in [0.15, 0.2) is 24.3 Å². The van der Waals surface area contributed by atoms with E-state index in [1.807, 2.05) is 36.1 Å². The number of nitrogens with zero attached hydrogens (tertiary/aromatic N) is 1. The fraction of sp³-hybridized carbons (Fsp3) is 0.462. The first kappa shape index (κ1) is 14.3. The van der Waals surface area contributed by atoms with Crippen LogP contribution in [0.1, 0.15) is 26.7 Å². The van der Waals surface area contributed by atoms with Crippen molar-refractivity contribution in [1.29, 1.82) is 0 Å². The van der Waals surface area contributed by atoms with E-state index in [2.05, 4.69) is 29.5 Å². The van der Waals surface area contributed by atoms with Crippen LogP contribution in [0.4, 0.5) is 5.69 Å². The molecule has 0 aromatic heterocycles. The molecule has 0 aliphatic rings. The van der Waals surface area contributed by atoms with Gasteiger partial charge in [-0.2, -0.15) is 0 Å². The lowest BCUT2D eigenvalue weighted by Crippen LogP contribution is -2.41. The van der Waals surface area contributed by atoms with E-state index in [1.165, 1.54) is 0 Å². The third-order valence-corrected chi connectivity index (χ3v) is 3.39. The van der Waals surface area contributed by atoms with Crippen LogP contribution in [-0.2, 0) is 4.79 Å². The van der Waals surface area contributed by atoms with Crippen molar-refractivity contribution in [3.8, 4) is 0 Å². The Kier molecular flexibility index (Phi) is 5.74. The smallest absolute Gasteiger partial charge is 0.326 e. The molecule has 0 radical (unpaired) electrons. The van der Waals surface area contributed by atoms with Crippen molar-refractivity contribution in [1.82, 2.24) is 0 Å². The van der Waals surface area contributed by atoms with Crippen molar-refractivity contribution in [2.24, 2.45) is 0 Å². The highest BCUT2D eigenvalue weighted by molar-refractivity contribution is 14.1.